The van der Waals surface area contributed by atoms with E-state index in [2.05, 4.69) is 29.5 Å². The Kier molecular flexibility index (Phi) is 3.96. The van der Waals surface area contributed by atoms with E-state index in [1.807, 2.05) is 12.1 Å². The second-order valence-corrected chi connectivity index (χ2v) is 4.18. The molecule has 2 aromatic rings. The van der Waals surface area contributed by atoms with Gasteiger partial charge in [0.25, 0.3) is 0 Å². The minimum atomic E-state index is -0.350. The summed E-state index contributed by atoms with van der Waals surface area (Å²) in [4.78, 5) is 14.8. The highest BCUT2D eigenvalue weighted by Gasteiger charge is 2.12. The van der Waals surface area contributed by atoms with Crippen molar-refractivity contribution in [1.29, 1.82) is 0 Å². The van der Waals surface area contributed by atoms with E-state index in [-0.39, 0.29) is 5.97 Å². The fourth-order valence-electron chi connectivity index (χ4n) is 1.74. The molecule has 4 heteroatoms. The maximum Gasteiger partial charge on any atom is 0.338 e. The lowest BCUT2D eigenvalue weighted by atomic mass is 10.1. The lowest BCUT2D eigenvalue weighted by molar-refractivity contribution is 0.0603. The van der Waals surface area contributed by atoms with Gasteiger partial charge < -0.3 is 9.72 Å². The fraction of sp³-hybridized carbons (Fsp3) is 0.214. The average Bonchev–Trinajstić information content (AvgIpc) is 2.85. The lowest BCUT2D eigenvalue weighted by Crippen LogP contribution is -2.02. The molecule has 0 saturated heterocycles. The van der Waals surface area contributed by atoms with Gasteiger partial charge in [0.15, 0.2) is 0 Å². The fourth-order valence-corrected chi connectivity index (χ4v) is 1.85. The first-order valence-corrected chi connectivity index (χ1v) is 6.18. The average molecular weight is 259 g/mol. The van der Waals surface area contributed by atoms with E-state index in [0.717, 1.165) is 28.6 Å². The zero-order valence-corrected chi connectivity index (χ0v) is 10.9. The van der Waals surface area contributed by atoms with Crippen molar-refractivity contribution in [3.63, 3.8) is 0 Å². The summed E-state index contributed by atoms with van der Waals surface area (Å²) in [6, 6.07) is 5.54. The predicted octanol–water partition coefficient (Wildman–Crippen LogP) is 2.63. The van der Waals surface area contributed by atoms with E-state index >= 15 is 0 Å². The molecular formula is C14H13NO2S. The maximum absolute atomic E-state index is 11.7. The molecule has 0 aliphatic rings. The van der Waals surface area contributed by atoms with Crippen molar-refractivity contribution in [3.8, 4) is 11.8 Å². The number of nitrogens with one attached hydrogen (secondary N) is 1. The third-order valence-corrected chi connectivity index (χ3v) is 2.77. The van der Waals surface area contributed by atoms with E-state index in [9.17, 15) is 4.79 Å². The zero-order valence-electron chi connectivity index (χ0n) is 9.99. The number of benzene rings is 1. The molecule has 0 unspecified atom stereocenters. The summed E-state index contributed by atoms with van der Waals surface area (Å²) in [7, 11) is 1.38. The quantitative estimate of drug-likeness (QED) is 0.494. The molecule has 0 amide bonds. The second-order valence-electron chi connectivity index (χ2n) is 3.73. The van der Waals surface area contributed by atoms with Gasteiger partial charge in [0, 0.05) is 34.8 Å². The number of methoxy groups -OCH3 is 1. The van der Waals surface area contributed by atoms with E-state index in [4.69, 9.17) is 4.74 Å². The minimum Gasteiger partial charge on any atom is -0.465 e. The number of H-pyrrole nitrogens is 1. The monoisotopic (exact) mass is 259 g/mol. The number of aromatic amines is 1. The topological polar surface area (TPSA) is 42.1 Å². The normalized spacial score (nSPS) is 9.89. The SMILES string of the molecule is COC(=O)c1cc(C#CCCS)cc2[nH]ccc12. The molecule has 92 valence electrons. The zero-order chi connectivity index (χ0) is 13.0. The van der Waals surface area contributed by atoms with Crippen LogP contribution in [0.2, 0.25) is 0 Å². The summed E-state index contributed by atoms with van der Waals surface area (Å²) >= 11 is 4.10. The number of carbonyl (C=O) groups excluding carboxylic acids is 1. The first kappa shape index (κ1) is 12.6. The molecule has 1 aromatic heterocycles. The summed E-state index contributed by atoms with van der Waals surface area (Å²) < 4.78 is 4.78. The molecule has 0 saturated carbocycles. The Labute approximate surface area is 111 Å². The molecule has 1 heterocycles. The Hall–Kier alpha value is -1.86. The number of thiol groups is 1. The molecule has 0 atom stereocenters. The molecular weight excluding hydrogens is 246 g/mol. The van der Waals surface area contributed by atoms with Crippen LogP contribution in [0.5, 0.6) is 0 Å². The van der Waals surface area contributed by atoms with Crippen LogP contribution in [-0.2, 0) is 4.74 Å². The van der Waals surface area contributed by atoms with Gasteiger partial charge in [-0.2, -0.15) is 12.6 Å². The van der Waals surface area contributed by atoms with Crippen LogP contribution < -0.4 is 0 Å². The van der Waals surface area contributed by atoms with E-state index in [0.29, 0.717) is 5.56 Å². The highest BCUT2D eigenvalue weighted by atomic mass is 32.1. The van der Waals surface area contributed by atoms with E-state index in [1.54, 1.807) is 12.3 Å². The van der Waals surface area contributed by atoms with Crippen LogP contribution in [0.15, 0.2) is 24.4 Å². The largest absolute Gasteiger partial charge is 0.465 e. The number of esters is 1. The molecule has 0 aliphatic carbocycles. The van der Waals surface area contributed by atoms with Crippen molar-refractivity contribution in [1.82, 2.24) is 4.98 Å². The molecule has 0 bridgehead atoms. The second kappa shape index (κ2) is 5.65. The Balaban J connectivity index is 2.51. The van der Waals surface area contributed by atoms with Crippen LogP contribution in [0.4, 0.5) is 0 Å². The molecule has 2 rings (SSSR count). The number of carbonyl (C=O) groups is 1. The first-order valence-electron chi connectivity index (χ1n) is 5.55. The van der Waals surface area contributed by atoms with Gasteiger partial charge in [0.2, 0.25) is 0 Å². The van der Waals surface area contributed by atoms with Crippen LogP contribution in [-0.4, -0.2) is 23.8 Å². The van der Waals surface area contributed by atoms with Crippen molar-refractivity contribution in [2.24, 2.45) is 0 Å². The maximum atomic E-state index is 11.7. The molecule has 0 fully saturated rings. The van der Waals surface area contributed by atoms with Crippen LogP contribution >= 0.6 is 12.6 Å². The molecule has 1 aromatic carbocycles. The van der Waals surface area contributed by atoms with Gasteiger partial charge in [-0.25, -0.2) is 4.79 Å². The van der Waals surface area contributed by atoms with Gasteiger partial charge >= 0.3 is 5.97 Å². The van der Waals surface area contributed by atoms with Crippen molar-refractivity contribution in [2.45, 2.75) is 6.42 Å². The molecule has 0 spiro atoms. The third kappa shape index (κ3) is 2.52. The predicted molar refractivity (Wildman–Crippen MR) is 75.0 cm³/mol. The van der Waals surface area contributed by atoms with E-state index < -0.39 is 0 Å². The summed E-state index contributed by atoms with van der Waals surface area (Å²) in [5.74, 6) is 6.39. The molecule has 18 heavy (non-hydrogen) atoms. The lowest BCUT2D eigenvalue weighted by Gasteiger charge is -2.02. The molecule has 1 N–H and O–H groups in total. The summed E-state index contributed by atoms with van der Waals surface area (Å²) in [6.45, 7) is 0. The van der Waals surface area contributed by atoms with Gasteiger partial charge in [-0.3, -0.25) is 0 Å². The Morgan fingerprint density at radius 1 is 1.50 bits per heavy atom. The summed E-state index contributed by atoms with van der Waals surface area (Å²) in [5, 5.41) is 0.849. The van der Waals surface area contributed by atoms with Crippen molar-refractivity contribution < 1.29 is 9.53 Å². The number of ether oxygens (including phenoxy) is 1. The molecule has 0 aliphatic heterocycles. The first-order chi connectivity index (χ1) is 8.76. The number of rotatable bonds is 2. The highest BCUT2D eigenvalue weighted by molar-refractivity contribution is 7.80. The molecule has 0 radical (unpaired) electrons. The number of fused-ring (bicyclic) bond motifs is 1. The highest BCUT2D eigenvalue weighted by Crippen LogP contribution is 2.20. The Bertz CT molecular complexity index is 634. The van der Waals surface area contributed by atoms with Crippen LogP contribution in [0.25, 0.3) is 10.9 Å². The summed E-state index contributed by atoms with van der Waals surface area (Å²) in [6.07, 6.45) is 2.52. The summed E-state index contributed by atoms with van der Waals surface area (Å²) in [5.41, 5.74) is 2.21. The van der Waals surface area contributed by atoms with Crippen LogP contribution in [0.3, 0.4) is 0 Å². The Morgan fingerprint density at radius 3 is 3.06 bits per heavy atom. The smallest absolute Gasteiger partial charge is 0.338 e. The Morgan fingerprint density at radius 2 is 2.33 bits per heavy atom. The van der Waals surface area contributed by atoms with Crippen molar-refractivity contribution >= 4 is 29.5 Å². The number of hydrogen-bond acceptors (Lipinski definition) is 3. The minimum absolute atomic E-state index is 0.350. The van der Waals surface area contributed by atoms with Crippen molar-refractivity contribution in [2.75, 3.05) is 12.9 Å². The van der Waals surface area contributed by atoms with Gasteiger partial charge in [-0.1, -0.05) is 11.8 Å². The van der Waals surface area contributed by atoms with Gasteiger partial charge in [-0.05, 0) is 18.2 Å². The van der Waals surface area contributed by atoms with Crippen molar-refractivity contribution in [3.05, 3.63) is 35.5 Å². The van der Waals surface area contributed by atoms with E-state index in [1.165, 1.54) is 7.11 Å². The van der Waals surface area contributed by atoms with Crippen LogP contribution in [0, 0.1) is 11.8 Å². The van der Waals surface area contributed by atoms with Gasteiger partial charge in [0.1, 0.15) is 0 Å². The van der Waals surface area contributed by atoms with Gasteiger partial charge in [0.05, 0.1) is 12.7 Å². The third-order valence-electron chi connectivity index (χ3n) is 2.54. The van der Waals surface area contributed by atoms with Gasteiger partial charge in [-0.15, -0.1) is 0 Å². The van der Waals surface area contributed by atoms with Crippen LogP contribution in [0.1, 0.15) is 22.3 Å². The standard InChI is InChI=1S/C14H13NO2S/c1-17-14(16)12-8-10(4-2-3-7-18)9-13-11(12)5-6-15-13/h5-6,8-9,15,18H,3,7H2,1H3. The number of aromatic nitrogens is 1. The molecule has 3 nitrogen and oxygen atoms in total. The number of hydrogen-bond donors (Lipinski definition) is 2.